The standard InChI is InChI=1S/C13H17NO6/c1-4-18-12(16)7-14(3)11(15)8-19-13(17)10-6-5-9(2)20-10/h5-6H,4,7-8H2,1-3H3. The number of ether oxygens (including phenoxy) is 2. The minimum atomic E-state index is -0.726. The summed E-state index contributed by atoms with van der Waals surface area (Å²) in [4.78, 5) is 35.5. The summed E-state index contributed by atoms with van der Waals surface area (Å²) in [5.41, 5.74) is 0. The highest BCUT2D eigenvalue weighted by molar-refractivity contribution is 5.89. The third-order valence-corrected chi connectivity index (χ3v) is 2.37. The van der Waals surface area contributed by atoms with Crippen LogP contribution in [0.3, 0.4) is 0 Å². The molecule has 0 aliphatic heterocycles. The van der Waals surface area contributed by atoms with Gasteiger partial charge in [-0.2, -0.15) is 0 Å². The normalized spacial score (nSPS) is 9.95. The van der Waals surface area contributed by atoms with Gasteiger partial charge >= 0.3 is 11.9 Å². The second-order valence-corrected chi connectivity index (χ2v) is 4.04. The Morgan fingerprint density at radius 3 is 2.50 bits per heavy atom. The summed E-state index contributed by atoms with van der Waals surface area (Å²) < 4.78 is 14.6. The zero-order chi connectivity index (χ0) is 15.1. The summed E-state index contributed by atoms with van der Waals surface area (Å²) in [6, 6.07) is 3.08. The average molecular weight is 283 g/mol. The molecular formula is C13H17NO6. The van der Waals surface area contributed by atoms with Crippen molar-refractivity contribution in [2.75, 3.05) is 26.8 Å². The molecule has 0 aliphatic rings. The fraction of sp³-hybridized carbons (Fsp3) is 0.462. The van der Waals surface area contributed by atoms with Gasteiger partial charge in [-0.15, -0.1) is 0 Å². The number of furan rings is 1. The molecule has 0 atom stereocenters. The number of esters is 2. The maximum atomic E-state index is 11.6. The van der Waals surface area contributed by atoms with E-state index in [2.05, 4.69) is 0 Å². The van der Waals surface area contributed by atoms with E-state index >= 15 is 0 Å². The van der Waals surface area contributed by atoms with Gasteiger partial charge in [-0.1, -0.05) is 0 Å². The number of rotatable bonds is 6. The summed E-state index contributed by atoms with van der Waals surface area (Å²) >= 11 is 0. The summed E-state index contributed by atoms with van der Waals surface area (Å²) in [6.07, 6.45) is 0. The van der Waals surface area contributed by atoms with Gasteiger partial charge in [0.05, 0.1) is 6.61 Å². The summed E-state index contributed by atoms with van der Waals surface area (Å²) in [6.45, 7) is 2.95. The summed E-state index contributed by atoms with van der Waals surface area (Å²) in [5, 5.41) is 0. The Morgan fingerprint density at radius 2 is 1.95 bits per heavy atom. The quantitative estimate of drug-likeness (QED) is 0.717. The van der Waals surface area contributed by atoms with Crippen LogP contribution in [0, 0.1) is 6.92 Å². The van der Waals surface area contributed by atoms with E-state index in [0.29, 0.717) is 5.76 Å². The molecule has 0 spiro atoms. The predicted octanol–water partition coefficient (Wildman–Crippen LogP) is 0.766. The molecule has 0 N–H and O–H groups in total. The minimum Gasteiger partial charge on any atom is -0.465 e. The maximum Gasteiger partial charge on any atom is 0.374 e. The number of nitrogens with zero attached hydrogens (tertiary/aromatic N) is 1. The van der Waals surface area contributed by atoms with Crippen LogP contribution < -0.4 is 0 Å². The second kappa shape index (κ2) is 7.32. The topological polar surface area (TPSA) is 86.0 Å². The van der Waals surface area contributed by atoms with Gasteiger partial charge in [0.2, 0.25) is 5.76 Å². The van der Waals surface area contributed by atoms with E-state index in [9.17, 15) is 14.4 Å². The minimum absolute atomic E-state index is 0.0309. The fourth-order valence-corrected chi connectivity index (χ4v) is 1.34. The lowest BCUT2D eigenvalue weighted by molar-refractivity contribution is -0.148. The largest absolute Gasteiger partial charge is 0.465 e. The lowest BCUT2D eigenvalue weighted by Crippen LogP contribution is -2.36. The highest BCUT2D eigenvalue weighted by Crippen LogP contribution is 2.07. The van der Waals surface area contributed by atoms with Gasteiger partial charge in [0.1, 0.15) is 12.3 Å². The monoisotopic (exact) mass is 283 g/mol. The molecule has 0 saturated heterocycles. The van der Waals surface area contributed by atoms with E-state index in [1.54, 1.807) is 19.9 Å². The number of carbonyl (C=O) groups excluding carboxylic acids is 3. The molecule has 0 aromatic carbocycles. The lowest BCUT2D eigenvalue weighted by atomic mass is 10.4. The fourth-order valence-electron chi connectivity index (χ4n) is 1.34. The van der Waals surface area contributed by atoms with E-state index in [-0.39, 0.29) is 18.9 Å². The van der Waals surface area contributed by atoms with Crippen LogP contribution in [0.15, 0.2) is 16.5 Å². The van der Waals surface area contributed by atoms with Gasteiger partial charge in [0, 0.05) is 7.05 Å². The first-order chi connectivity index (χ1) is 9.43. The van der Waals surface area contributed by atoms with Crippen molar-refractivity contribution in [2.45, 2.75) is 13.8 Å². The van der Waals surface area contributed by atoms with Crippen molar-refractivity contribution in [2.24, 2.45) is 0 Å². The van der Waals surface area contributed by atoms with Crippen LogP contribution >= 0.6 is 0 Å². The summed E-state index contributed by atoms with van der Waals surface area (Å²) in [5.74, 6) is -1.15. The van der Waals surface area contributed by atoms with Crippen LogP contribution in [-0.4, -0.2) is 49.6 Å². The second-order valence-electron chi connectivity index (χ2n) is 4.04. The molecule has 0 radical (unpaired) electrons. The van der Waals surface area contributed by atoms with Crippen LogP contribution in [0.1, 0.15) is 23.2 Å². The van der Waals surface area contributed by atoms with Crippen LogP contribution in [-0.2, 0) is 19.1 Å². The number of likely N-dealkylation sites (N-methyl/N-ethyl adjacent to an activating group) is 1. The highest BCUT2D eigenvalue weighted by Gasteiger charge is 2.17. The Bertz CT molecular complexity index is 493. The van der Waals surface area contributed by atoms with Gasteiger partial charge in [-0.05, 0) is 26.0 Å². The van der Waals surface area contributed by atoms with E-state index in [0.717, 1.165) is 4.90 Å². The molecule has 1 aromatic rings. The van der Waals surface area contributed by atoms with Gasteiger partial charge in [0.25, 0.3) is 5.91 Å². The van der Waals surface area contributed by atoms with Crippen molar-refractivity contribution >= 4 is 17.8 Å². The Hall–Kier alpha value is -2.31. The van der Waals surface area contributed by atoms with Crippen molar-refractivity contribution < 1.29 is 28.3 Å². The van der Waals surface area contributed by atoms with E-state index < -0.39 is 24.5 Å². The molecule has 7 nitrogen and oxygen atoms in total. The first-order valence-electron chi connectivity index (χ1n) is 6.07. The molecule has 0 saturated carbocycles. The molecule has 110 valence electrons. The van der Waals surface area contributed by atoms with Gasteiger partial charge in [-0.25, -0.2) is 4.79 Å². The molecule has 0 unspecified atom stereocenters. The first kappa shape index (κ1) is 15.7. The van der Waals surface area contributed by atoms with Gasteiger partial charge < -0.3 is 18.8 Å². The number of hydrogen-bond acceptors (Lipinski definition) is 6. The third kappa shape index (κ3) is 4.75. The van der Waals surface area contributed by atoms with Gasteiger partial charge in [-0.3, -0.25) is 9.59 Å². The number of aryl methyl sites for hydroxylation is 1. The SMILES string of the molecule is CCOC(=O)CN(C)C(=O)COC(=O)c1ccc(C)o1. The van der Waals surface area contributed by atoms with Crippen molar-refractivity contribution in [3.63, 3.8) is 0 Å². The van der Waals surface area contributed by atoms with Crippen LogP contribution in [0.4, 0.5) is 0 Å². The Labute approximate surface area is 116 Å². The van der Waals surface area contributed by atoms with Crippen molar-refractivity contribution in [3.05, 3.63) is 23.7 Å². The third-order valence-electron chi connectivity index (χ3n) is 2.37. The van der Waals surface area contributed by atoms with E-state index in [1.807, 2.05) is 0 Å². The average Bonchev–Trinajstić information content (AvgIpc) is 2.82. The molecule has 0 aliphatic carbocycles. The summed E-state index contributed by atoms with van der Waals surface area (Å²) in [7, 11) is 1.42. The molecular weight excluding hydrogens is 266 g/mol. The molecule has 20 heavy (non-hydrogen) atoms. The zero-order valence-electron chi connectivity index (χ0n) is 11.7. The first-order valence-corrected chi connectivity index (χ1v) is 6.07. The van der Waals surface area contributed by atoms with Crippen LogP contribution in [0.5, 0.6) is 0 Å². The Morgan fingerprint density at radius 1 is 1.25 bits per heavy atom. The van der Waals surface area contributed by atoms with Crippen LogP contribution in [0.2, 0.25) is 0 Å². The van der Waals surface area contributed by atoms with E-state index in [4.69, 9.17) is 13.9 Å². The molecule has 1 heterocycles. The Kier molecular flexibility index (Phi) is 5.76. The molecule has 0 bridgehead atoms. The van der Waals surface area contributed by atoms with Gasteiger partial charge in [0.15, 0.2) is 6.61 Å². The zero-order valence-corrected chi connectivity index (χ0v) is 11.7. The number of hydrogen-bond donors (Lipinski definition) is 0. The van der Waals surface area contributed by atoms with Crippen molar-refractivity contribution in [3.8, 4) is 0 Å². The lowest BCUT2D eigenvalue weighted by Gasteiger charge is -2.15. The van der Waals surface area contributed by atoms with Crippen molar-refractivity contribution in [1.29, 1.82) is 0 Å². The molecule has 1 amide bonds. The number of amides is 1. The smallest absolute Gasteiger partial charge is 0.374 e. The maximum absolute atomic E-state index is 11.6. The van der Waals surface area contributed by atoms with E-state index in [1.165, 1.54) is 13.1 Å². The molecule has 0 fully saturated rings. The predicted molar refractivity (Wildman–Crippen MR) is 68.0 cm³/mol. The molecule has 1 aromatic heterocycles. The van der Waals surface area contributed by atoms with Crippen LogP contribution in [0.25, 0.3) is 0 Å². The molecule has 1 rings (SSSR count). The van der Waals surface area contributed by atoms with Crippen molar-refractivity contribution in [1.82, 2.24) is 4.90 Å². The molecule has 7 heteroatoms. The Balaban J connectivity index is 2.39. The number of carbonyl (C=O) groups is 3. The highest BCUT2D eigenvalue weighted by atomic mass is 16.5.